The summed E-state index contributed by atoms with van der Waals surface area (Å²) in [4.78, 5) is 23.4. The van der Waals surface area contributed by atoms with Crippen molar-refractivity contribution in [2.75, 3.05) is 0 Å². The van der Waals surface area contributed by atoms with Crippen molar-refractivity contribution >= 4 is 39.3 Å². The molecule has 0 aliphatic heterocycles. The molecule has 0 aliphatic rings. The van der Waals surface area contributed by atoms with E-state index >= 15 is 0 Å². The second-order valence-electron chi connectivity index (χ2n) is 7.43. The number of hydrogen-bond acceptors (Lipinski definition) is 6. The van der Waals surface area contributed by atoms with Crippen LogP contribution in [-0.4, -0.2) is 25.6 Å². The van der Waals surface area contributed by atoms with Crippen LogP contribution in [0.25, 0.3) is 5.69 Å². The largest absolute Gasteiger partial charge is 0.342 e. The highest BCUT2D eigenvalue weighted by atomic mass is 79.9. The number of aromatic nitrogens is 3. The summed E-state index contributed by atoms with van der Waals surface area (Å²) < 4.78 is 2.71. The van der Waals surface area contributed by atoms with Crippen molar-refractivity contribution in [1.29, 1.82) is 0 Å². The number of halogens is 1. The lowest BCUT2D eigenvalue weighted by Gasteiger charge is -2.16. The van der Waals surface area contributed by atoms with Gasteiger partial charge in [0, 0.05) is 33.6 Å². The van der Waals surface area contributed by atoms with Gasteiger partial charge in [0.1, 0.15) is 0 Å². The Bertz CT molecular complexity index is 1290. The molecule has 0 spiro atoms. The van der Waals surface area contributed by atoms with Gasteiger partial charge in [-0.2, -0.15) is 0 Å². The van der Waals surface area contributed by atoms with Gasteiger partial charge in [0.25, 0.3) is 11.6 Å². The molecule has 4 rings (SSSR count). The average Bonchev–Trinajstić information content (AvgIpc) is 3.28. The van der Waals surface area contributed by atoms with Gasteiger partial charge in [0.2, 0.25) is 0 Å². The number of nitro benzene ring substituents is 1. The number of hydrogen-bond donors (Lipinski definition) is 1. The van der Waals surface area contributed by atoms with E-state index in [2.05, 4.69) is 31.4 Å². The van der Waals surface area contributed by atoms with Gasteiger partial charge in [0.05, 0.1) is 11.0 Å². The number of thioether (sulfide) groups is 1. The van der Waals surface area contributed by atoms with E-state index in [1.54, 1.807) is 36.4 Å². The number of amides is 1. The number of carbonyl (C=O) groups is 1. The van der Waals surface area contributed by atoms with Gasteiger partial charge in [-0.1, -0.05) is 58.0 Å². The number of rotatable bonds is 8. The molecule has 10 heteroatoms. The number of nitrogens with zero attached hydrogens (tertiary/aromatic N) is 4. The maximum atomic E-state index is 12.8. The van der Waals surface area contributed by atoms with E-state index in [0.29, 0.717) is 28.0 Å². The Hall–Kier alpha value is -3.50. The molecular weight excluding hydrogens is 518 g/mol. The van der Waals surface area contributed by atoms with Gasteiger partial charge in [-0.3, -0.25) is 19.5 Å². The normalized spacial score (nSPS) is 11.7. The molecule has 1 atom stereocenters. The monoisotopic (exact) mass is 537 g/mol. The molecule has 0 saturated carbocycles. The van der Waals surface area contributed by atoms with Gasteiger partial charge in [0.15, 0.2) is 11.0 Å². The number of benzene rings is 3. The zero-order valence-corrected chi connectivity index (χ0v) is 20.5. The summed E-state index contributed by atoms with van der Waals surface area (Å²) in [5.41, 5.74) is 2.32. The van der Waals surface area contributed by atoms with E-state index in [4.69, 9.17) is 0 Å². The van der Waals surface area contributed by atoms with Crippen molar-refractivity contribution in [2.45, 2.75) is 23.9 Å². The van der Waals surface area contributed by atoms with Gasteiger partial charge in [-0.15, -0.1) is 10.2 Å². The van der Waals surface area contributed by atoms with Crippen molar-refractivity contribution in [1.82, 2.24) is 20.1 Å². The standard InChI is InChI=1S/C24H20BrN5O3S/c1-16(26-23(31)18-7-9-19(25)10-8-18)22-27-28-24(34-15-17-5-3-2-4-6-17)29(22)20-11-13-21(14-12-20)30(32)33/h2-14,16H,15H2,1H3,(H,26,31). The quantitative estimate of drug-likeness (QED) is 0.175. The molecule has 0 saturated heterocycles. The minimum Gasteiger partial charge on any atom is -0.342 e. The van der Waals surface area contributed by atoms with Crippen LogP contribution in [-0.2, 0) is 5.75 Å². The molecule has 3 aromatic carbocycles. The summed E-state index contributed by atoms with van der Waals surface area (Å²) in [6, 6.07) is 22.8. The topological polar surface area (TPSA) is 103 Å². The molecule has 1 aromatic heterocycles. The summed E-state index contributed by atoms with van der Waals surface area (Å²) >= 11 is 4.87. The molecule has 172 valence electrons. The van der Waals surface area contributed by atoms with Crippen LogP contribution in [0.1, 0.15) is 34.7 Å². The summed E-state index contributed by atoms with van der Waals surface area (Å²) in [5, 5.41) is 23.4. The fraction of sp³-hybridized carbons (Fsp3) is 0.125. The Kier molecular flexibility index (Phi) is 7.39. The van der Waals surface area contributed by atoms with Gasteiger partial charge in [-0.25, -0.2) is 0 Å². The SMILES string of the molecule is CC(NC(=O)c1ccc(Br)cc1)c1nnc(SCc2ccccc2)n1-c1ccc([N+](=O)[O-])cc1. The van der Waals surface area contributed by atoms with Gasteiger partial charge < -0.3 is 5.32 Å². The van der Waals surface area contributed by atoms with E-state index in [-0.39, 0.29) is 11.6 Å². The lowest BCUT2D eigenvalue weighted by atomic mass is 10.2. The van der Waals surface area contributed by atoms with Crippen molar-refractivity contribution < 1.29 is 9.72 Å². The molecule has 1 unspecified atom stereocenters. The van der Waals surface area contributed by atoms with Crippen LogP contribution in [0.5, 0.6) is 0 Å². The van der Waals surface area contributed by atoms with Crippen LogP contribution in [0.3, 0.4) is 0 Å². The van der Waals surface area contributed by atoms with E-state index in [9.17, 15) is 14.9 Å². The number of carbonyl (C=O) groups excluding carboxylic acids is 1. The zero-order valence-electron chi connectivity index (χ0n) is 18.1. The number of non-ortho nitro benzene ring substituents is 1. The van der Waals surface area contributed by atoms with E-state index in [1.807, 2.05) is 41.8 Å². The van der Waals surface area contributed by atoms with Crippen LogP contribution >= 0.6 is 27.7 Å². The Morgan fingerprint density at radius 1 is 1.06 bits per heavy atom. The first-order valence-corrected chi connectivity index (χ1v) is 12.1. The first kappa shape index (κ1) is 23.7. The fourth-order valence-corrected chi connectivity index (χ4v) is 4.47. The third-order valence-corrected chi connectivity index (χ3v) is 6.56. The lowest BCUT2D eigenvalue weighted by molar-refractivity contribution is -0.384. The summed E-state index contributed by atoms with van der Waals surface area (Å²) in [6.07, 6.45) is 0. The van der Waals surface area contributed by atoms with Crippen molar-refractivity contribution in [2.24, 2.45) is 0 Å². The molecule has 0 fully saturated rings. The Morgan fingerprint density at radius 2 is 1.74 bits per heavy atom. The van der Waals surface area contributed by atoms with Crippen molar-refractivity contribution in [3.63, 3.8) is 0 Å². The summed E-state index contributed by atoms with van der Waals surface area (Å²) in [6.45, 7) is 1.83. The summed E-state index contributed by atoms with van der Waals surface area (Å²) in [5.74, 6) is 0.956. The first-order valence-electron chi connectivity index (χ1n) is 10.4. The minimum absolute atomic E-state index is 0.00606. The maximum absolute atomic E-state index is 12.8. The molecule has 1 heterocycles. The van der Waals surface area contributed by atoms with Crippen molar-refractivity contribution in [3.05, 3.63) is 110 Å². The first-order chi connectivity index (χ1) is 16.4. The molecule has 0 bridgehead atoms. The Labute approximate surface area is 208 Å². The van der Waals surface area contributed by atoms with Gasteiger partial charge >= 0.3 is 0 Å². The second-order valence-corrected chi connectivity index (χ2v) is 9.28. The molecular formula is C24H20BrN5O3S. The Balaban J connectivity index is 1.64. The summed E-state index contributed by atoms with van der Waals surface area (Å²) in [7, 11) is 0. The average molecular weight is 538 g/mol. The highest BCUT2D eigenvalue weighted by molar-refractivity contribution is 9.10. The van der Waals surface area contributed by atoms with E-state index in [1.165, 1.54) is 23.9 Å². The smallest absolute Gasteiger partial charge is 0.269 e. The maximum Gasteiger partial charge on any atom is 0.269 e. The highest BCUT2D eigenvalue weighted by Crippen LogP contribution is 2.28. The van der Waals surface area contributed by atoms with Crippen LogP contribution in [0.15, 0.2) is 88.5 Å². The minimum atomic E-state index is -0.468. The predicted molar refractivity (Wildman–Crippen MR) is 134 cm³/mol. The van der Waals surface area contributed by atoms with Crippen LogP contribution in [0.4, 0.5) is 5.69 Å². The molecule has 1 N–H and O–H groups in total. The number of nitro groups is 1. The zero-order chi connectivity index (χ0) is 24.1. The Morgan fingerprint density at radius 3 is 2.38 bits per heavy atom. The molecule has 0 aliphatic carbocycles. The van der Waals surface area contributed by atoms with Crippen LogP contribution in [0.2, 0.25) is 0 Å². The highest BCUT2D eigenvalue weighted by Gasteiger charge is 2.22. The molecule has 4 aromatic rings. The van der Waals surface area contributed by atoms with E-state index < -0.39 is 11.0 Å². The molecule has 0 radical (unpaired) electrons. The van der Waals surface area contributed by atoms with Crippen LogP contribution in [0, 0.1) is 10.1 Å². The fourth-order valence-electron chi connectivity index (χ4n) is 3.29. The van der Waals surface area contributed by atoms with E-state index in [0.717, 1.165) is 10.0 Å². The van der Waals surface area contributed by atoms with Crippen LogP contribution < -0.4 is 5.32 Å². The second kappa shape index (κ2) is 10.6. The molecule has 34 heavy (non-hydrogen) atoms. The molecule has 8 nitrogen and oxygen atoms in total. The third-order valence-electron chi connectivity index (χ3n) is 5.03. The van der Waals surface area contributed by atoms with Gasteiger partial charge in [-0.05, 0) is 48.9 Å². The number of nitrogens with one attached hydrogen (secondary N) is 1. The third kappa shape index (κ3) is 5.52. The lowest BCUT2D eigenvalue weighted by Crippen LogP contribution is -2.28. The predicted octanol–water partition coefficient (Wildman–Crippen LogP) is 5.72. The van der Waals surface area contributed by atoms with Crippen molar-refractivity contribution in [3.8, 4) is 5.69 Å². The molecule has 1 amide bonds.